The molecule has 0 radical (unpaired) electrons. The number of nitrogens with two attached hydrogens (primary N) is 1. The Morgan fingerprint density at radius 1 is 1.14 bits per heavy atom. The van der Waals surface area contributed by atoms with Gasteiger partial charge in [-0.15, -0.1) is 0 Å². The van der Waals surface area contributed by atoms with Crippen LogP contribution in [0.3, 0.4) is 0 Å². The molecule has 1 aliphatic rings. The third-order valence-electron chi connectivity index (χ3n) is 3.38. The van der Waals surface area contributed by atoms with Gasteiger partial charge in [0, 0.05) is 0 Å². The topological polar surface area (TPSA) is 140 Å². The van der Waals surface area contributed by atoms with Crippen LogP contribution in [-0.4, -0.2) is 50.6 Å². The molecule has 1 fully saturated rings. The van der Waals surface area contributed by atoms with Gasteiger partial charge in [0.05, 0.1) is 25.1 Å². The molecule has 5 N–H and O–H groups in total. The van der Waals surface area contributed by atoms with E-state index in [0.29, 0.717) is 19.3 Å². The summed E-state index contributed by atoms with van der Waals surface area (Å²) in [6.07, 6.45) is 2.74. The Labute approximate surface area is 121 Å². The van der Waals surface area contributed by atoms with Crippen LogP contribution in [0.4, 0.5) is 0 Å². The first-order chi connectivity index (χ1) is 10.00. The maximum absolute atomic E-state index is 11.4. The number of carbonyl (C=O) groups is 4. The average Bonchev–Trinajstić information content (AvgIpc) is 2.40. The van der Waals surface area contributed by atoms with Crippen molar-refractivity contribution in [2.75, 3.05) is 26.4 Å². The summed E-state index contributed by atoms with van der Waals surface area (Å²) in [5.74, 6) is -1.29. The highest BCUT2D eigenvalue weighted by Crippen LogP contribution is 2.40. The quantitative estimate of drug-likeness (QED) is 0.202. The predicted molar refractivity (Wildman–Crippen MR) is 71.5 cm³/mol. The molecule has 0 aromatic rings. The fourth-order valence-electron chi connectivity index (χ4n) is 1.88. The predicted octanol–water partition coefficient (Wildman–Crippen LogP) is -2.41. The smallest absolute Gasteiger partial charge is 0.241 e. The van der Waals surface area contributed by atoms with E-state index < -0.39 is 17.2 Å². The van der Waals surface area contributed by atoms with Crippen molar-refractivity contribution in [2.24, 2.45) is 11.1 Å². The van der Waals surface area contributed by atoms with Crippen LogP contribution < -0.4 is 21.7 Å². The van der Waals surface area contributed by atoms with Crippen molar-refractivity contribution in [3.05, 3.63) is 0 Å². The van der Waals surface area contributed by atoms with Crippen LogP contribution in [0.25, 0.3) is 0 Å². The monoisotopic (exact) mass is 300 g/mol. The van der Waals surface area contributed by atoms with Crippen molar-refractivity contribution < 1.29 is 23.9 Å². The first kappa shape index (κ1) is 16.9. The summed E-state index contributed by atoms with van der Waals surface area (Å²) in [6, 6.07) is 0. The Hall–Kier alpha value is -2.16. The largest absolute Gasteiger partial charge is 0.369 e. The molecule has 0 unspecified atom stereocenters. The fourth-order valence-corrected chi connectivity index (χ4v) is 1.88. The highest BCUT2D eigenvalue weighted by Gasteiger charge is 2.42. The van der Waals surface area contributed by atoms with Gasteiger partial charge in [-0.2, -0.15) is 0 Å². The number of hydrogen-bond donors (Lipinski definition) is 4. The zero-order valence-electron chi connectivity index (χ0n) is 11.6. The summed E-state index contributed by atoms with van der Waals surface area (Å²) in [5.41, 5.74) is 4.71. The molecular formula is C12H20N4O5. The molecule has 1 aliphatic carbocycles. The highest BCUT2D eigenvalue weighted by molar-refractivity contribution is 5.86. The molecule has 9 heteroatoms. The van der Waals surface area contributed by atoms with Gasteiger partial charge in [0.15, 0.2) is 0 Å². The Balaban J connectivity index is 2.09. The second-order valence-corrected chi connectivity index (χ2v) is 4.87. The lowest BCUT2D eigenvalue weighted by molar-refractivity contribution is -0.139. The number of ether oxygens (including phenoxy) is 1. The van der Waals surface area contributed by atoms with Crippen LogP contribution in [0.2, 0.25) is 0 Å². The van der Waals surface area contributed by atoms with Gasteiger partial charge in [-0.05, 0) is 12.8 Å². The Bertz CT molecular complexity index is 408. The van der Waals surface area contributed by atoms with Crippen LogP contribution in [0.5, 0.6) is 0 Å². The molecule has 0 heterocycles. The maximum Gasteiger partial charge on any atom is 0.241 e. The van der Waals surface area contributed by atoms with Crippen LogP contribution in [0.15, 0.2) is 0 Å². The molecule has 0 spiro atoms. The van der Waals surface area contributed by atoms with Gasteiger partial charge in [0.2, 0.25) is 24.1 Å². The van der Waals surface area contributed by atoms with Crippen molar-refractivity contribution in [3.63, 3.8) is 0 Å². The van der Waals surface area contributed by atoms with Crippen molar-refractivity contribution in [1.82, 2.24) is 16.0 Å². The van der Waals surface area contributed by atoms with Gasteiger partial charge in [-0.3, -0.25) is 19.2 Å². The van der Waals surface area contributed by atoms with E-state index in [1.165, 1.54) is 0 Å². The van der Waals surface area contributed by atoms with Gasteiger partial charge in [0.1, 0.15) is 6.73 Å². The van der Waals surface area contributed by atoms with E-state index in [1.54, 1.807) is 0 Å². The van der Waals surface area contributed by atoms with Gasteiger partial charge in [0.25, 0.3) is 0 Å². The van der Waals surface area contributed by atoms with E-state index in [0.717, 1.165) is 6.42 Å². The minimum atomic E-state index is -0.598. The first-order valence-electron chi connectivity index (χ1n) is 6.58. The second kappa shape index (κ2) is 8.20. The lowest BCUT2D eigenvalue weighted by Crippen LogP contribution is -2.47. The third-order valence-corrected chi connectivity index (χ3v) is 3.38. The normalized spacial score (nSPS) is 15.4. The Morgan fingerprint density at radius 3 is 2.33 bits per heavy atom. The summed E-state index contributed by atoms with van der Waals surface area (Å²) >= 11 is 0. The fraction of sp³-hybridized carbons (Fsp3) is 0.667. The van der Waals surface area contributed by atoms with E-state index in [-0.39, 0.29) is 32.3 Å². The summed E-state index contributed by atoms with van der Waals surface area (Å²) in [5, 5.41) is 6.92. The molecule has 118 valence electrons. The molecule has 1 saturated carbocycles. The van der Waals surface area contributed by atoms with E-state index in [9.17, 15) is 19.2 Å². The Morgan fingerprint density at radius 2 is 1.81 bits per heavy atom. The zero-order chi connectivity index (χ0) is 15.7. The van der Waals surface area contributed by atoms with Crippen LogP contribution in [0, 0.1) is 5.41 Å². The number of hydrogen-bond acceptors (Lipinski definition) is 5. The number of rotatable bonds is 10. The molecular weight excluding hydrogens is 280 g/mol. The van der Waals surface area contributed by atoms with E-state index in [1.807, 2.05) is 0 Å². The zero-order valence-corrected chi connectivity index (χ0v) is 11.6. The highest BCUT2D eigenvalue weighted by atomic mass is 16.5. The standard InChI is InChI=1S/C12H20N4O5/c13-11(20)12(2-1-3-12)6-21-8-16-10(19)5-15-9(18)4-14-7-17/h7H,1-6,8H2,(H2,13,20)(H,14,17)(H,15,18)(H,16,19). The van der Waals surface area contributed by atoms with Crippen molar-refractivity contribution in [2.45, 2.75) is 19.3 Å². The molecule has 0 saturated heterocycles. The van der Waals surface area contributed by atoms with Crippen molar-refractivity contribution >= 4 is 24.1 Å². The number of amides is 4. The number of primary amides is 1. The summed E-state index contributed by atoms with van der Waals surface area (Å²) in [7, 11) is 0. The number of carbonyl (C=O) groups excluding carboxylic acids is 4. The lowest BCUT2D eigenvalue weighted by atomic mass is 9.69. The van der Waals surface area contributed by atoms with Gasteiger partial charge < -0.3 is 26.4 Å². The molecule has 21 heavy (non-hydrogen) atoms. The molecule has 0 bridgehead atoms. The molecule has 0 aromatic heterocycles. The lowest BCUT2D eigenvalue weighted by Gasteiger charge is -2.38. The van der Waals surface area contributed by atoms with Gasteiger partial charge in [-0.1, -0.05) is 6.42 Å². The molecule has 4 amide bonds. The first-order valence-corrected chi connectivity index (χ1v) is 6.58. The van der Waals surface area contributed by atoms with Crippen LogP contribution >= 0.6 is 0 Å². The van der Waals surface area contributed by atoms with Crippen LogP contribution in [-0.2, 0) is 23.9 Å². The average molecular weight is 300 g/mol. The maximum atomic E-state index is 11.4. The minimum Gasteiger partial charge on any atom is -0.369 e. The summed E-state index contributed by atoms with van der Waals surface area (Å²) < 4.78 is 5.24. The van der Waals surface area contributed by atoms with E-state index in [4.69, 9.17) is 10.5 Å². The molecule has 0 aromatic carbocycles. The third kappa shape index (κ3) is 5.38. The molecule has 1 rings (SSSR count). The van der Waals surface area contributed by atoms with Crippen LogP contribution in [0.1, 0.15) is 19.3 Å². The second-order valence-electron chi connectivity index (χ2n) is 4.87. The molecule has 9 nitrogen and oxygen atoms in total. The SMILES string of the molecule is NC(=O)C1(COCNC(=O)CNC(=O)CNC=O)CCC1. The van der Waals surface area contributed by atoms with Crippen molar-refractivity contribution in [3.8, 4) is 0 Å². The van der Waals surface area contributed by atoms with Crippen molar-refractivity contribution in [1.29, 1.82) is 0 Å². The summed E-state index contributed by atoms with van der Waals surface area (Å²) in [4.78, 5) is 43.7. The van der Waals surface area contributed by atoms with Gasteiger partial charge >= 0.3 is 0 Å². The molecule has 0 atom stereocenters. The van der Waals surface area contributed by atoms with E-state index >= 15 is 0 Å². The summed E-state index contributed by atoms with van der Waals surface area (Å²) in [6.45, 7) is -0.285. The van der Waals surface area contributed by atoms with Gasteiger partial charge in [-0.25, -0.2) is 0 Å². The molecule has 0 aliphatic heterocycles. The number of nitrogens with one attached hydrogen (secondary N) is 3. The minimum absolute atomic E-state index is 0.0592. The Kier molecular flexibility index (Phi) is 6.60. The van der Waals surface area contributed by atoms with E-state index in [2.05, 4.69) is 16.0 Å².